The fourth-order valence-electron chi connectivity index (χ4n) is 1.64. The van der Waals surface area contributed by atoms with E-state index in [2.05, 4.69) is 0 Å². The number of hydrogen-bond donors (Lipinski definition) is 1. The van der Waals surface area contributed by atoms with Gasteiger partial charge in [0.2, 0.25) is 0 Å². The quantitative estimate of drug-likeness (QED) is 0.555. The minimum absolute atomic E-state index is 0.265. The van der Waals surface area contributed by atoms with Crippen molar-refractivity contribution >= 4 is 5.97 Å². The van der Waals surface area contributed by atoms with Crippen molar-refractivity contribution in [2.24, 2.45) is 0 Å². The second-order valence-corrected chi connectivity index (χ2v) is 2.78. The maximum atomic E-state index is 10.4. The molecule has 3 rings (SSSR count). The van der Waals surface area contributed by atoms with Crippen LogP contribution in [0, 0.1) is 0 Å². The second kappa shape index (κ2) is 1.29. The predicted molar refractivity (Wildman–Crippen MR) is 29.1 cm³/mol. The van der Waals surface area contributed by atoms with Crippen molar-refractivity contribution < 1.29 is 14.6 Å². The molecule has 0 aromatic carbocycles. The van der Waals surface area contributed by atoms with Gasteiger partial charge in [0, 0.05) is 6.42 Å². The zero-order valence-corrected chi connectivity index (χ0v) is 4.96. The van der Waals surface area contributed by atoms with E-state index >= 15 is 0 Å². The summed E-state index contributed by atoms with van der Waals surface area (Å²) >= 11 is 0. The fraction of sp³-hybridized carbons (Fsp3) is 0.833. The third kappa shape index (κ3) is 0.477. The molecule has 9 heavy (non-hydrogen) atoms. The second-order valence-electron chi connectivity index (χ2n) is 2.78. The van der Waals surface area contributed by atoms with Gasteiger partial charge in [-0.25, -0.2) is 4.79 Å². The lowest BCUT2D eigenvalue weighted by Gasteiger charge is -2.34. The summed E-state index contributed by atoms with van der Waals surface area (Å²) in [6, 6.07) is 0. The third-order valence-corrected chi connectivity index (χ3v) is 2.21. The molecule has 2 saturated heterocycles. The van der Waals surface area contributed by atoms with Gasteiger partial charge in [0.25, 0.3) is 0 Å². The monoisotopic (exact) mass is 128 g/mol. The summed E-state index contributed by atoms with van der Waals surface area (Å²) in [5.41, 5.74) is -0.745. The topological polar surface area (TPSA) is 46.5 Å². The van der Waals surface area contributed by atoms with Crippen LogP contribution in [0.1, 0.15) is 19.3 Å². The normalized spacial score (nSPS) is 46.4. The molecular formula is C6H8O3. The number of aliphatic carboxylic acids is 1. The summed E-state index contributed by atoms with van der Waals surface area (Å²) in [6.07, 6.45) is 2.66. The Bertz CT molecular complexity index is 152. The first-order chi connectivity index (χ1) is 4.23. The number of ether oxygens (including phenoxy) is 1. The lowest BCUT2D eigenvalue weighted by molar-refractivity contribution is -0.194. The van der Waals surface area contributed by atoms with Crippen LogP contribution in [0.5, 0.6) is 0 Å². The minimum atomic E-state index is -0.781. The summed E-state index contributed by atoms with van der Waals surface area (Å²) in [5.74, 6) is -0.781. The molecule has 0 radical (unpaired) electrons. The van der Waals surface area contributed by atoms with Crippen LogP contribution in [0.4, 0.5) is 0 Å². The first kappa shape index (κ1) is 5.23. The molecule has 1 saturated carbocycles. The standard InChI is InChI=1S/C6H8O3/c7-5(8)6-2-1-4(3-6)9-6/h4H,1-3H2,(H,7,8). The van der Waals surface area contributed by atoms with E-state index in [1.807, 2.05) is 0 Å². The zero-order valence-electron chi connectivity index (χ0n) is 4.96. The Hall–Kier alpha value is -0.570. The van der Waals surface area contributed by atoms with E-state index in [0.717, 1.165) is 12.8 Å². The molecule has 1 aliphatic carbocycles. The van der Waals surface area contributed by atoms with Crippen molar-refractivity contribution in [3.63, 3.8) is 0 Å². The summed E-state index contributed by atoms with van der Waals surface area (Å²) in [5, 5.41) is 8.59. The van der Waals surface area contributed by atoms with Crippen molar-refractivity contribution in [2.45, 2.75) is 31.0 Å². The highest BCUT2D eigenvalue weighted by atomic mass is 16.6. The molecule has 0 aromatic rings. The summed E-state index contributed by atoms with van der Waals surface area (Å²) < 4.78 is 5.10. The van der Waals surface area contributed by atoms with E-state index in [-0.39, 0.29) is 6.10 Å². The first-order valence-corrected chi connectivity index (χ1v) is 3.14. The molecule has 3 nitrogen and oxygen atoms in total. The van der Waals surface area contributed by atoms with Gasteiger partial charge in [-0.15, -0.1) is 0 Å². The van der Waals surface area contributed by atoms with Crippen LogP contribution in [0.25, 0.3) is 0 Å². The van der Waals surface area contributed by atoms with Crippen LogP contribution in [0.2, 0.25) is 0 Å². The van der Waals surface area contributed by atoms with E-state index in [1.54, 1.807) is 0 Å². The van der Waals surface area contributed by atoms with Crippen LogP contribution < -0.4 is 0 Å². The van der Waals surface area contributed by atoms with Gasteiger partial charge in [0.05, 0.1) is 6.10 Å². The Kier molecular flexibility index (Phi) is 0.750. The highest BCUT2D eigenvalue weighted by molar-refractivity contribution is 5.79. The number of carbonyl (C=O) groups is 1. The molecule has 50 valence electrons. The van der Waals surface area contributed by atoms with Gasteiger partial charge in [0.1, 0.15) is 0 Å². The van der Waals surface area contributed by atoms with Crippen molar-refractivity contribution in [1.82, 2.24) is 0 Å². The van der Waals surface area contributed by atoms with Crippen LogP contribution in [-0.2, 0) is 9.53 Å². The van der Waals surface area contributed by atoms with Gasteiger partial charge < -0.3 is 9.84 Å². The van der Waals surface area contributed by atoms with Crippen LogP contribution >= 0.6 is 0 Å². The molecule has 2 atom stereocenters. The molecular weight excluding hydrogens is 120 g/mol. The Morgan fingerprint density at radius 1 is 1.78 bits per heavy atom. The van der Waals surface area contributed by atoms with Crippen LogP contribution in [0.3, 0.4) is 0 Å². The lowest BCUT2D eigenvalue weighted by atomic mass is 9.98. The number of carboxylic acids is 1. The Morgan fingerprint density at radius 2 is 2.44 bits per heavy atom. The van der Waals surface area contributed by atoms with Crippen molar-refractivity contribution in [1.29, 1.82) is 0 Å². The largest absolute Gasteiger partial charge is 0.479 e. The third-order valence-electron chi connectivity index (χ3n) is 2.21. The molecule has 3 fully saturated rings. The Labute approximate surface area is 52.6 Å². The van der Waals surface area contributed by atoms with Crippen LogP contribution in [-0.4, -0.2) is 22.8 Å². The molecule has 0 amide bonds. The molecule has 2 unspecified atom stereocenters. The fourth-order valence-corrected chi connectivity index (χ4v) is 1.64. The molecule has 3 aliphatic rings. The van der Waals surface area contributed by atoms with Crippen molar-refractivity contribution in [3.8, 4) is 0 Å². The highest BCUT2D eigenvalue weighted by Crippen LogP contribution is 2.47. The first-order valence-electron chi connectivity index (χ1n) is 3.14. The molecule has 0 aromatic heterocycles. The highest BCUT2D eigenvalue weighted by Gasteiger charge is 2.57. The van der Waals surface area contributed by atoms with Crippen LogP contribution in [0.15, 0.2) is 0 Å². The number of fused-ring (bicyclic) bond motifs is 1. The van der Waals surface area contributed by atoms with E-state index in [4.69, 9.17) is 9.84 Å². The van der Waals surface area contributed by atoms with E-state index in [1.165, 1.54) is 0 Å². The molecule has 1 N–H and O–H groups in total. The number of hydrogen-bond acceptors (Lipinski definition) is 2. The smallest absolute Gasteiger partial charge is 0.336 e. The predicted octanol–water partition coefficient (Wildman–Crippen LogP) is 0.392. The molecule has 2 aliphatic heterocycles. The maximum absolute atomic E-state index is 10.4. The Morgan fingerprint density at radius 3 is 2.67 bits per heavy atom. The SMILES string of the molecule is O=C(O)C12CCC(C1)O2. The molecule has 3 heteroatoms. The average molecular weight is 128 g/mol. The molecule has 0 spiro atoms. The van der Waals surface area contributed by atoms with E-state index in [9.17, 15) is 4.79 Å². The molecule has 2 bridgehead atoms. The lowest BCUT2D eigenvalue weighted by Crippen LogP contribution is -2.48. The average Bonchev–Trinajstić information content (AvgIpc) is 2.13. The molecule has 2 heterocycles. The van der Waals surface area contributed by atoms with Gasteiger partial charge in [0.15, 0.2) is 5.60 Å². The van der Waals surface area contributed by atoms with Gasteiger partial charge in [-0.1, -0.05) is 0 Å². The zero-order chi connectivity index (χ0) is 6.48. The van der Waals surface area contributed by atoms with E-state index < -0.39 is 11.6 Å². The van der Waals surface area contributed by atoms with E-state index in [0.29, 0.717) is 6.42 Å². The summed E-state index contributed by atoms with van der Waals surface area (Å²) in [6.45, 7) is 0. The number of carboxylic acid groups (broad SMARTS) is 1. The van der Waals surface area contributed by atoms with Crippen molar-refractivity contribution in [3.05, 3.63) is 0 Å². The van der Waals surface area contributed by atoms with Crippen molar-refractivity contribution in [2.75, 3.05) is 0 Å². The van der Waals surface area contributed by atoms with Gasteiger partial charge in [-0.3, -0.25) is 0 Å². The number of rotatable bonds is 1. The Balaban J connectivity index is 2.19. The van der Waals surface area contributed by atoms with Gasteiger partial charge in [-0.2, -0.15) is 0 Å². The van der Waals surface area contributed by atoms with Gasteiger partial charge >= 0.3 is 5.97 Å². The minimum Gasteiger partial charge on any atom is -0.479 e. The summed E-state index contributed by atoms with van der Waals surface area (Å²) in [4.78, 5) is 10.4. The maximum Gasteiger partial charge on any atom is 0.336 e. The van der Waals surface area contributed by atoms with Gasteiger partial charge in [-0.05, 0) is 12.8 Å². The summed E-state index contributed by atoms with van der Waals surface area (Å²) in [7, 11) is 0.